The summed E-state index contributed by atoms with van der Waals surface area (Å²) in [6.07, 6.45) is 2.40. The van der Waals surface area contributed by atoms with Crippen LogP contribution in [0.2, 0.25) is 0 Å². The Labute approximate surface area is 153 Å². The van der Waals surface area contributed by atoms with Crippen LogP contribution in [-0.2, 0) is 17.8 Å². The van der Waals surface area contributed by atoms with Crippen LogP contribution < -0.4 is 16.0 Å². The number of hydrogen-bond acceptors (Lipinski definition) is 3. The molecule has 0 atom stereocenters. The van der Waals surface area contributed by atoms with Crippen molar-refractivity contribution in [3.8, 4) is 0 Å². The molecule has 0 aliphatic heterocycles. The Bertz CT molecular complexity index is 665. The summed E-state index contributed by atoms with van der Waals surface area (Å²) in [7, 11) is 1.77. The van der Waals surface area contributed by atoms with E-state index in [1.54, 1.807) is 18.4 Å². The molecule has 0 fully saturated rings. The summed E-state index contributed by atoms with van der Waals surface area (Å²) in [5.41, 5.74) is 1.97. The molecule has 0 radical (unpaired) electrons. The van der Waals surface area contributed by atoms with Crippen molar-refractivity contribution in [2.24, 2.45) is 4.99 Å². The second kappa shape index (κ2) is 10.5. The van der Waals surface area contributed by atoms with Gasteiger partial charge < -0.3 is 16.0 Å². The number of aliphatic imine (C=N–C) groups is 1. The molecule has 0 bridgehead atoms. The number of guanidine groups is 1. The molecular formula is C19H26N4OS. The summed E-state index contributed by atoms with van der Waals surface area (Å²) in [6.45, 7) is 3.53. The van der Waals surface area contributed by atoms with Crippen molar-refractivity contribution in [2.75, 3.05) is 18.9 Å². The zero-order valence-electron chi connectivity index (χ0n) is 14.8. The van der Waals surface area contributed by atoms with Crippen LogP contribution in [0.15, 0.2) is 46.8 Å². The van der Waals surface area contributed by atoms with Gasteiger partial charge in [0.05, 0.1) is 0 Å². The van der Waals surface area contributed by atoms with Gasteiger partial charge in [-0.15, -0.1) is 11.3 Å². The van der Waals surface area contributed by atoms with Gasteiger partial charge in [-0.25, -0.2) is 0 Å². The first-order valence-corrected chi connectivity index (χ1v) is 9.45. The van der Waals surface area contributed by atoms with Crippen molar-refractivity contribution >= 4 is 28.9 Å². The highest BCUT2D eigenvalue weighted by Crippen LogP contribution is 2.10. The van der Waals surface area contributed by atoms with Gasteiger partial charge in [-0.1, -0.05) is 25.1 Å². The molecule has 2 aromatic rings. The highest BCUT2D eigenvalue weighted by Gasteiger charge is 2.02. The molecule has 134 valence electrons. The highest BCUT2D eigenvalue weighted by atomic mass is 32.1. The van der Waals surface area contributed by atoms with E-state index in [9.17, 15) is 4.79 Å². The van der Waals surface area contributed by atoms with Crippen molar-refractivity contribution in [1.29, 1.82) is 0 Å². The number of rotatable bonds is 8. The number of thiophene rings is 1. The van der Waals surface area contributed by atoms with Crippen molar-refractivity contribution in [2.45, 2.75) is 32.7 Å². The van der Waals surface area contributed by atoms with Gasteiger partial charge >= 0.3 is 0 Å². The quantitative estimate of drug-likeness (QED) is 0.500. The first-order chi connectivity index (χ1) is 12.2. The predicted octanol–water partition coefficient (Wildman–Crippen LogP) is 3.39. The minimum atomic E-state index is 0.0590. The molecule has 0 aliphatic carbocycles. The number of nitrogens with zero attached hydrogens (tertiary/aromatic N) is 1. The average molecular weight is 359 g/mol. The Morgan fingerprint density at radius 3 is 2.60 bits per heavy atom. The molecule has 6 heteroatoms. The van der Waals surface area contributed by atoms with Gasteiger partial charge in [-0.05, 0) is 42.0 Å². The number of carbonyl (C=O) groups excluding carboxylic acids is 1. The van der Waals surface area contributed by atoms with Gasteiger partial charge in [0.25, 0.3) is 0 Å². The first kappa shape index (κ1) is 19.0. The van der Waals surface area contributed by atoms with E-state index >= 15 is 0 Å². The zero-order valence-corrected chi connectivity index (χ0v) is 15.7. The number of nitrogens with one attached hydrogen (secondary N) is 3. The fourth-order valence-corrected chi connectivity index (χ4v) is 3.03. The molecule has 0 saturated heterocycles. The number of benzene rings is 1. The number of amides is 1. The molecule has 0 unspecified atom stereocenters. The van der Waals surface area contributed by atoms with Crippen LogP contribution in [0, 0.1) is 0 Å². The second-order valence-corrected chi connectivity index (χ2v) is 6.71. The van der Waals surface area contributed by atoms with Crippen molar-refractivity contribution in [3.63, 3.8) is 0 Å². The summed E-state index contributed by atoms with van der Waals surface area (Å²) in [4.78, 5) is 17.2. The third kappa shape index (κ3) is 6.97. The predicted molar refractivity (Wildman–Crippen MR) is 106 cm³/mol. The van der Waals surface area contributed by atoms with Crippen LogP contribution in [0.5, 0.6) is 0 Å². The summed E-state index contributed by atoms with van der Waals surface area (Å²) < 4.78 is 0. The molecule has 0 saturated carbocycles. The molecule has 0 aliphatic rings. The number of hydrogen-bond donors (Lipinski definition) is 3. The van der Waals surface area contributed by atoms with Crippen molar-refractivity contribution < 1.29 is 4.79 Å². The van der Waals surface area contributed by atoms with E-state index in [0.717, 1.165) is 36.6 Å². The van der Waals surface area contributed by atoms with Crippen LogP contribution in [0.3, 0.4) is 0 Å². The molecule has 1 heterocycles. The fraction of sp³-hybridized carbons (Fsp3) is 0.368. The lowest BCUT2D eigenvalue weighted by molar-refractivity contribution is -0.116. The normalized spacial score (nSPS) is 11.2. The van der Waals surface area contributed by atoms with E-state index in [1.807, 2.05) is 31.2 Å². The summed E-state index contributed by atoms with van der Waals surface area (Å²) in [6, 6.07) is 12.1. The van der Waals surface area contributed by atoms with E-state index in [2.05, 4.69) is 38.5 Å². The lowest BCUT2D eigenvalue weighted by Crippen LogP contribution is -2.37. The topological polar surface area (TPSA) is 65.5 Å². The zero-order chi connectivity index (χ0) is 17.9. The van der Waals surface area contributed by atoms with Crippen LogP contribution in [0.25, 0.3) is 0 Å². The highest BCUT2D eigenvalue weighted by molar-refractivity contribution is 7.09. The molecular weight excluding hydrogens is 332 g/mol. The Kier molecular flexibility index (Phi) is 7.98. The van der Waals surface area contributed by atoms with Crippen LogP contribution in [0.1, 0.15) is 30.2 Å². The van der Waals surface area contributed by atoms with Gasteiger partial charge in [-0.3, -0.25) is 9.79 Å². The molecule has 3 N–H and O–H groups in total. The van der Waals surface area contributed by atoms with Gasteiger partial charge in [-0.2, -0.15) is 0 Å². The Morgan fingerprint density at radius 1 is 1.16 bits per heavy atom. The summed E-state index contributed by atoms with van der Waals surface area (Å²) in [5.74, 6) is 0.848. The van der Waals surface area contributed by atoms with E-state index < -0.39 is 0 Å². The van der Waals surface area contributed by atoms with E-state index in [1.165, 1.54) is 4.88 Å². The van der Waals surface area contributed by atoms with Crippen LogP contribution in [0.4, 0.5) is 5.69 Å². The summed E-state index contributed by atoms with van der Waals surface area (Å²) in [5, 5.41) is 11.6. The molecule has 5 nitrogen and oxygen atoms in total. The molecule has 1 aromatic heterocycles. The van der Waals surface area contributed by atoms with Gasteiger partial charge in [0.15, 0.2) is 5.96 Å². The average Bonchev–Trinajstić information content (AvgIpc) is 3.13. The minimum absolute atomic E-state index is 0.0590. The van der Waals surface area contributed by atoms with E-state index in [4.69, 9.17) is 0 Å². The largest absolute Gasteiger partial charge is 0.356 e. The van der Waals surface area contributed by atoms with Crippen molar-refractivity contribution in [3.05, 3.63) is 52.2 Å². The van der Waals surface area contributed by atoms with E-state index in [-0.39, 0.29) is 5.91 Å². The minimum Gasteiger partial charge on any atom is -0.356 e. The van der Waals surface area contributed by atoms with Crippen molar-refractivity contribution in [1.82, 2.24) is 10.6 Å². The molecule has 1 amide bonds. The Balaban J connectivity index is 1.74. The SMILES string of the molecule is CCCC(=O)Nc1ccc(CNC(=NC)NCCc2cccs2)cc1. The monoisotopic (exact) mass is 358 g/mol. The first-order valence-electron chi connectivity index (χ1n) is 8.57. The maximum Gasteiger partial charge on any atom is 0.224 e. The van der Waals surface area contributed by atoms with Gasteiger partial charge in [0.1, 0.15) is 0 Å². The molecule has 1 aromatic carbocycles. The van der Waals surface area contributed by atoms with E-state index in [0.29, 0.717) is 13.0 Å². The Hall–Kier alpha value is -2.34. The lowest BCUT2D eigenvalue weighted by atomic mass is 10.2. The fourth-order valence-electron chi connectivity index (χ4n) is 2.32. The summed E-state index contributed by atoms with van der Waals surface area (Å²) >= 11 is 1.77. The number of carbonyl (C=O) groups is 1. The molecule has 25 heavy (non-hydrogen) atoms. The third-order valence-corrected chi connectivity index (χ3v) is 4.58. The smallest absolute Gasteiger partial charge is 0.224 e. The molecule has 0 spiro atoms. The van der Waals surface area contributed by atoms with Crippen LogP contribution >= 0.6 is 11.3 Å². The van der Waals surface area contributed by atoms with Gasteiger partial charge in [0.2, 0.25) is 5.91 Å². The second-order valence-electron chi connectivity index (χ2n) is 5.68. The maximum atomic E-state index is 11.6. The number of anilines is 1. The standard InChI is InChI=1S/C19H26N4OS/c1-3-5-18(24)23-16-9-7-15(8-10-16)14-22-19(20-2)21-12-11-17-6-4-13-25-17/h4,6-10,13H,3,5,11-12,14H2,1-2H3,(H,23,24)(H2,20,21,22). The van der Waals surface area contributed by atoms with Gasteiger partial charge in [0, 0.05) is 37.1 Å². The lowest BCUT2D eigenvalue weighted by Gasteiger charge is -2.12. The third-order valence-electron chi connectivity index (χ3n) is 3.64. The molecule has 2 rings (SSSR count). The Morgan fingerprint density at radius 2 is 1.96 bits per heavy atom. The van der Waals surface area contributed by atoms with Crippen LogP contribution in [-0.4, -0.2) is 25.5 Å². The maximum absolute atomic E-state index is 11.6.